The molecule has 0 amide bonds. The minimum absolute atomic E-state index is 0.388. The van der Waals surface area contributed by atoms with Gasteiger partial charge < -0.3 is 9.73 Å². The van der Waals surface area contributed by atoms with Gasteiger partial charge in [0.05, 0.1) is 12.5 Å². The van der Waals surface area contributed by atoms with Crippen molar-refractivity contribution in [3.8, 4) is 0 Å². The highest BCUT2D eigenvalue weighted by Gasteiger charge is 2.06. The summed E-state index contributed by atoms with van der Waals surface area (Å²) in [7, 11) is 0. The molecule has 0 aliphatic carbocycles. The second kappa shape index (κ2) is 5.87. The van der Waals surface area contributed by atoms with E-state index in [1.807, 2.05) is 23.0 Å². The van der Waals surface area contributed by atoms with E-state index < -0.39 is 0 Å². The molecule has 2 aromatic heterocycles. The lowest BCUT2D eigenvalue weighted by atomic mass is 10.2. The van der Waals surface area contributed by atoms with E-state index in [0.29, 0.717) is 12.1 Å². The first kappa shape index (κ1) is 12.9. The Morgan fingerprint density at radius 1 is 1.39 bits per heavy atom. The van der Waals surface area contributed by atoms with Gasteiger partial charge in [-0.3, -0.25) is 4.68 Å². The van der Waals surface area contributed by atoms with Gasteiger partial charge >= 0.3 is 0 Å². The molecule has 1 N–H and O–H groups in total. The van der Waals surface area contributed by atoms with Crippen LogP contribution in [0.15, 0.2) is 35.2 Å². The normalized spacial score (nSPS) is 13.1. The van der Waals surface area contributed by atoms with Gasteiger partial charge in [-0.25, -0.2) is 0 Å². The fourth-order valence-corrected chi connectivity index (χ4v) is 1.85. The zero-order chi connectivity index (χ0) is 13.0. The third-order valence-electron chi connectivity index (χ3n) is 2.93. The highest BCUT2D eigenvalue weighted by Crippen LogP contribution is 2.07. The molecule has 0 aliphatic heterocycles. The minimum atomic E-state index is 0.388. The molecule has 2 heterocycles. The van der Waals surface area contributed by atoms with Crippen LogP contribution in [0.1, 0.15) is 38.1 Å². The van der Waals surface area contributed by atoms with Crippen LogP contribution >= 0.6 is 0 Å². The maximum absolute atomic E-state index is 5.34. The Balaban J connectivity index is 1.79. The van der Waals surface area contributed by atoms with E-state index in [4.69, 9.17) is 4.42 Å². The minimum Gasteiger partial charge on any atom is -0.469 e. The third kappa shape index (κ3) is 3.47. The standard InChI is InChI=1S/C14H21N3O/c1-11(2)17-10-13(9-16-17)8-15-12(3)7-14-5-4-6-18-14/h4-6,9-12,15H,7-8H2,1-3H3. The summed E-state index contributed by atoms with van der Waals surface area (Å²) in [6, 6.07) is 4.74. The Kier molecular flexibility index (Phi) is 4.20. The highest BCUT2D eigenvalue weighted by molar-refractivity contribution is 5.05. The smallest absolute Gasteiger partial charge is 0.105 e. The predicted octanol–water partition coefficient (Wildman–Crippen LogP) is 2.78. The summed E-state index contributed by atoms with van der Waals surface area (Å²) in [6.07, 6.45) is 6.64. The fourth-order valence-electron chi connectivity index (χ4n) is 1.85. The SMILES string of the molecule is CC(Cc1ccco1)NCc1cnn(C(C)C)c1. The van der Waals surface area contributed by atoms with Crippen molar-refractivity contribution in [1.82, 2.24) is 15.1 Å². The van der Waals surface area contributed by atoms with E-state index >= 15 is 0 Å². The summed E-state index contributed by atoms with van der Waals surface area (Å²) in [5.41, 5.74) is 1.22. The summed E-state index contributed by atoms with van der Waals surface area (Å²) in [5.74, 6) is 1.02. The molecule has 1 unspecified atom stereocenters. The molecular formula is C14H21N3O. The molecule has 0 bridgehead atoms. The lowest BCUT2D eigenvalue weighted by Gasteiger charge is -2.11. The first-order valence-corrected chi connectivity index (χ1v) is 6.44. The van der Waals surface area contributed by atoms with Crippen molar-refractivity contribution in [1.29, 1.82) is 0 Å². The second-order valence-electron chi connectivity index (χ2n) is 4.99. The van der Waals surface area contributed by atoms with Crippen molar-refractivity contribution in [3.05, 3.63) is 42.1 Å². The average Bonchev–Trinajstić information content (AvgIpc) is 2.96. The number of rotatable bonds is 6. The van der Waals surface area contributed by atoms with Crippen LogP contribution in [0.3, 0.4) is 0 Å². The molecule has 0 saturated carbocycles. The maximum atomic E-state index is 5.34. The van der Waals surface area contributed by atoms with E-state index in [9.17, 15) is 0 Å². The predicted molar refractivity (Wildman–Crippen MR) is 71.3 cm³/mol. The van der Waals surface area contributed by atoms with Crippen LogP contribution in [-0.2, 0) is 13.0 Å². The van der Waals surface area contributed by atoms with Crippen molar-refractivity contribution in [3.63, 3.8) is 0 Å². The van der Waals surface area contributed by atoms with Gasteiger partial charge in [0.2, 0.25) is 0 Å². The summed E-state index contributed by atoms with van der Waals surface area (Å²) < 4.78 is 7.32. The van der Waals surface area contributed by atoms with Gasteiger partial charge in [-0.1, -0.05) is 0 Å². The number of hydrogen-bond donors (Lipinski definition) is 1. The molecule has 0 saturated heterocycles. The van der Waals surface area contributed by atoms with Crippen LogP contribution in [-0.4, -0.2) is 15.8 Å². The zero-order valence-electron chi connectivity index (χ0n) is 11.3. The number of nitrogens with zero attached hydrogens (tertiary/aromatic N) is 2. The molecule has 1 atom stereocenters. The largest absolute Gasteiger partial charge is 0.469 e. The van der Waals surface area contributed by atoms with E-state index in [2.05, 4.69) is 37.4 Å². The van der Waals surface area contributed by atoms with E-state index in [1.54, 1.807) is 6.26 Å². The average molecular weight is 247 g/mol. The van der Waals surface area contributed by atoms with Crippen LogP contribution in [0.5, 0.6) is 0 Å². The number of aromatic nitrogens is 2. The lowest BCUT2D eigenvalue weighted by Crippen LogP contribution is -2.27. The molecule has 0 radical (unpaired) electrons. The van der Waals surface area contributed by atoms with Crippen LogP contribution in [0.2, 0.25) is 0 Å². The van der Waals surface area contributed by atoms with E-state index in [1.165, 1.54) is 5.56 Å². The fraction of sp³-hybridized carbons (Fsp3) is 0.500. The Hall–Kier alpha value is -1.55. The highest BCUT2D eigenvalue weighted by atomic mass is 16.3. The molecule has 98 valence electrons. The van der Waals surface area contributed by atoms with Crippen molar-refractivity contribution in [2.24, 2.45) is 0 Å². The Morgan fingerprint density at radius 3 is 2.83 bits per heavy atom. The molecule has 2 rings (SSSR count). The number of nitrogens with one attached hydrogen (secondary N) is 1. The molecule has 0 aliphatic rings. The molecule has 0 aromatic carbocycles. The van der Waals surface area contributed by atoms with Crippen LogP contribution in [0.25, 0.3) is 0 Å². The summed E-state index contributed by atoms with van der Waals surface area (Å²) >= 11 is 0. The molecule has 2 aromatic rings. The molecule has 0 fully saturated rings. The van der Waals surface area contributed by atoms with Gasteiger partial charge in [0.15, 0.2) is 0 Å². The first-order valence-electron chi connectivity index (χ1n) is 6.44. The van der Waals surface area contributed by atoms with Gasteiger partial charge in [0, 0.05) is 36.8 Å². The van der Waals surface area contributed by atoms with Gasteiger partial charge in [-0.05, 0) is 32.9 Å². The lowest BCUT2D eigenvalue weighted by molar-refractivity contribution is 0.456. The summed E-state index contributed by atoms with van der Waals surface area (Å²) in [5, 5.41) is 7.80. The summed E-state index contributed by atoms with van der Waals surface area (Å²) in [4.78, 5) is 0. The molecule has 0 spiro atoms. The van der Waals surface area contributed by atoms with Gasteiger partial charge in [0.25, 0.3) is 0 Å². The van der Waals surface area contributed by atoms with Crippen molar-refractivity contribution < 1.29 is 4.42 Å². The van der Waals surface area contributed by atoms with Crippen LogP contribution in [0.4, 0.5) is 0 Å². The molecule has 18 heavy (non-hydrogen) atoms. The maximum Gasteiger partial charge on any atom is 0.105 e. The van der Waals surface area contributed by atoms with Crippen molar-refractivity contribution in [2.75, 3.05) is 0 Å². The van der Waals surface area contributed by atoms with E-state index in [0.717, 1.165) is 18.7 Å². The first-order chi connectivity index (χ1) is 8.65. The molecular weight excluding hydrogens is 226 g/mol. The zero-order valence-corrected chi connectivity index (χ0v) is 11.3. The van der Waals surface area contributed by atoms with Gasteiger partial charge in [-0.15, -0.1) is 0 Å². The Bertz CT molecular complexity index is 459. The van der Waals surface area contributed by atoms with Gasteiger partial charge in [0.1, 0.15) is 5.76 Å². The Labute approximate surface area is 108 Å². The van der Waals surface area contributed by atoms with Crippen molar-refractivity contribution >= 4 is 0 Å². The molecule has 4 heteroatoms. The van der Waals surface area contributed by atoms with Gasteiger partial charge in [-0.2, -0.15) is 5.10 Å². The Morgan fingerprint density at radius 2 is 2.22 bits per heavy atom. The van der Waals surface area contributed by atoms with E-state index in [-0.39, 0.29) is 0 Å². The van der Waals surface area contributed by atoms with Crippen LogP contribution < -0.4 is 5.32 Å². The molecule has 4 nitrogen and oxygen atoms in total. The second-order valence-corrected chi connectivity index (χ2v) is 4.99. The van der Waals surface area contributed by atoms with Crippen LogP contribution in [0, 0.1) is 0 Å². The quantitative estimate of drug-likeness (QED) is 0.853. The third-order valence-corrected chi connectivity index (χ3v) is 2.93. The van der Waals surface area contributed by atoms with Crippen molar-refractivity contribution in [2.45, 2.75) is 45.8 Å². The summed E-state index contributed by atoms with van der Waals surface area (Å²) in [6.45, 7) is 7.26. The number of hydrogen-bond acceptors (Lipinski definition) is 3. The number of furan rings is 1. The topological polar surface area (TPSA) is 43.0 Å². The monoisotopic (exact) mass is 247 g/mol.